The first-order valence-corrected chi connectivity index (χ1v) is 11.3. The van der Waals surface area contributed by atoms with Crippen LogP contribution in [0.3, 0.4) is 0 Å². The monoisotopic (exact) mass is 442 g/mol. The molecule has 0 fully saturated rings. The van der Waals surface area contributed by atoms with Gasteiger partial charge in [-0.3, -0.25) is 0 Å². The number of carbonyl (C=O) groups is 1. The third-order valence-electron chi connectivity index (χ3n) is 4.30. The molecule has 0 heterocycles. The minimum Gasteiger partial charge on any atom is -0.493 e. The molecule has 7 nitrogen and oxygen atoms in total. The lowest BCUT2D eigenvalue weighted by atomic mass is 10.1. The Kier molecular flexibility index (Phi) is 7.15. The van der Waals surface area contributed by atoms with Crippen molar-refractivity contribution in [2.75, 3.05) is 12.9 Å². The molecule has 162 valence electrons. The van der Waals surface area contributed by atoms with E-state index in [0.29, 0.717) is 30.1 Å². The van der Waals surface area contributed by atoms with Crippen LogP contribution in [0.2, 0.25) is 0 Å². The van der Waals surface area contributed by atoms with Gasteiger partial charge in [-0.05, 0) is 48.0 Å². The van der Waals surface area contributed by atoms with Crippen molar-refractivity contribution in [3.63, 3.8) is 0 Å². The maximum atomic E-state index is 11.3. The summed E-state index contributed by atoms with van der Waals surface area (Å²) >= 11 is 0. The van der Waals surface area contributed by atoms with E-state index in [4.69, 9.17) is 13.7 Å². The average molecular weight is 442 g/mol. The minimum absolute atomic E-state index is 0.171. The predicted molar refractivity (Wildman–Crippen MR) is 115 cm³/mol. The number of carboxylic acid groups (broad SMARTS) is 1. The van der Waals surface area contributed by atoms with Crippen LogP contribution in [0.1, 0.15) is 21.5 Å². The van der Waals surface area contributed by atoms with E-state index in [0.717, 1.165) is 11.8 Å². The Balaban J connectivity index is 1.47. The molecule has 0 saturated carbocycles. The van der Waals surface area contributed by atoms with Crippen LogP contribution < -0.4 is 13.7 Å². The van der Waals surface area contributed by atoms with Crippen molar-refractivity contribution in [3.8, 4) is 17.2 Å². The molecule has 3 aromatic carbocycles. The summed E-state index contributed by atoms with van der Waals surface area (Å²) in [5.41, 5.74) is 1.89. The first-order chi connectivity index (χ1) is 14.8. The lowest BCUT2D eigenvalue weighted by Crippen LogP contribution is -2.06. The van der Waals surface area contributed by atoms with Gasteiger partial charge in [0, 0.05) is 12.0 Å². The van der Waals surface area contributed by atoms with Gasteiger partial charge in [0.25, 0.3) is 0 Å². The van der Waals surface area contributed by atoms with Gasteiger partial charge in [0.1, 0.15) is 23.9 Å². The lowest BCUT2D eigenvalue weighted by molar-refractivity contribution is 0.0694. The molecule has 0 aliphatic rings. The maximum Gasteiger partial charge on any atom is 0.336 e. The van der Waals surface area contributed by atoms with Crippen molar-refractivity contribution in [3.05, 3.63) is 89.5 Å². The summed E-state index contributed by atoms with van der Waals surface area (Å²) in [5.74, 6) is 0.507. The molecule has 1 N–H and O–H groups in total. The number of hydrogen-bond acceptors (Lipinski definition) is 6. The highest BCUT2D eigenvalue weighted by Crippen LogP contribution is 2.20. The molecule has 3 aromatic rings. The zero-order valence-electron chi connectivity index (χ0n) is 16.9. The molecular weight excluding hydrogens is 420 g/mol. The Morgan fingerprint density at radius 3 is 2.06 bits per heavy atom. The van der Waals surface area contributed by atoms with Crippen LogP contribution in [0.4, 0.5) is 0 Å². The summed E-state index contributed by atoms with van der Waals surface area (Å²) in [6.07, 6.45) is 1.66. The van der Waals surface area contributed by atoms with E-state index in [1.54, 1.807) is 36.4 Å². The van der Waals surface area contributed by atoms with Gasteiger partial charge in [-0.1, -0.05) is 30.3 Å². The second kappa shape index (κ2) is 9.99. The number of rotatable bonds is 10. The molecule has 31 heavy (non-hydrogen) atoms. The van der Waals surface area contributed by atoms with Crippen molar-refractivity contribution >= 4 is 16.1 Å². The van der Waals surface area contributed by atoms with Crippen molar-refractivity contribution in [2.45, 2.75) is 13.0 Å². The van der Waals surface area contributed by atoms with Crippen molar-refractivity contribution in [1.29, 1.82) is 0 Å². The Hall–Kier alpha value is -3.52. The van der Waals surface area contributed by atoms with Crippen LogP contribution in [-0.4, -0.2) is 32.4 Å². The summed E-state index contributed by atoms with van der Waals surface area (Å²) < 4.78 is 38.4. The van der Waals surface area contributed by atoms with E-state index >= 15 is 0 Å². The Bertz CT molecular complexity index is 1120. The van der Waals surface area contributed by atoms with Gasteiger partial charge in [-0.15, -0.1) is 0 Å². The molecule has 0 unspecified atom stereocenters. The zero-order valence-corrected chi connectivity index (χ0v) is 17.7. The molecule has 0 aromatic heterocycles. The summed E-state index contributed by atoms with van der Waals surface area (Å²) in [7, 11) is -3.55. The predicted octanol–water partition coefficient (Wildman–Crippen LogP) is 3.92. The summed E-state index contributed by atoms with van der Waals surface area (Å²) in [6, 6.07) is 20.6. The molecule has 0 saturated heterocycles. The average Bonchev–Trinajstić information content (AvgIpc) is 2.73. The highest BCUT2D eigenvalue weighted by Gasteiger charge is 2.09. The minimum atomic E-state index is -3.55. The Labute approximate surface area is 181 Å². The molecule has 0 aliphatic heterocycles. The molecule has 8 heteroatoms. The van der Waals surface area contributed by atoms with E-state index in [1.807, 2.05) is 24.3 Å². The molecule has 0 amide bonds. The van der Waals surface area contributed by atoms with Gasteiger partial charge < -0.3 is 18.8 Å². The summed E-state index contributed by atoms with van der Waals surface area (Å²) in [4.78, 5) is 11.3. The van der Waals surface area contributed by atoms with Gasteiger partial charge in [-0.25, -0.2) is 4.79 Å². The second-order valence-corrected chi connectivity index (χ2v) is 8.33. The van der Waals surface area contributed by atoms with Crippen LogP contribution in [0.25, 0.3) is 0 Å². The highest BCUT2D eigenvalue weighted by molar-refractivity contribution is 7.86. The molecular formula is C23H22O7S. The Morgan fingerprint density at radius 1 is 0.839 bits per heavy atom. The fourth-order valence-electron chi connectivity index (χ4n) is 2.82. The van der Waals surface area contributed by atoms with E-state index in [9.17, 15) is 18.3 Å². The Morgan fingerprint density at radius 2 is 1.42 bits per heavy atom. The van der Waals surface area contributed by atoms with Crippen LogP contribution in [0.5, 0.6) is 17.2 Å². The smallest absolute Gasteiger partial charge is 0.336 e. The van der Waals surface area contributed by atoms with Crippen LogP contribution in [-0.2, 0) is 23.1 Å². The fraction of sp³-hybridized carbons (Fsp3) is 0.174. The first-order valence-electron chi connectivity index (χ1n) is 9.45. The van der Waals surface area contributed by atoms with Crippen molar-refractivity contribution in [1.82, 2.24) is 0 Å². The quantitative estimate of drug-likeness (QED) is 0.475. The van der Waals surface area contributed by atoms with E-state index in [2.05, 4.69) is 0 Å². The van der Waals surface area contributed by atoms with Crippen LogP contribution >= 0.6 is 0 Å². The molecule has 0 atom stereocenters. The largest absolute Gasteiger partial charge is 0.493 e. The molecule has 0 aliphatic carbocycles. The number of carboxylic acids is 1. The van der Waals surface area contributed by atoms with Gasteiger partial charge >= 0.3 is 16.1 Å². The lowest BCUT2D eigenvalue weighted by Gasteiger charge is -2.10. The molecule has 0 spiro atoms. The first kappa shape index (κ1) is 22.2. The molecule has 3 rings (SSSR count). The van der Waals surface area contributed by atoms with Crippen LogP contribution in [0.15, 0.2) is 72.8 Å². The van der Waals surface area contributed by atoms with Gasteiger partial charge in [0.15, 0.2) is 0 Å². The third-order valence-corrected chi connectivity index (χ3v) is 4.79. The second-order valence-electron chi connectivity index (χ2n) is 6.75. The number of aromatic carboxylic acids is 1. The van der Waals surface area contributed by atoms with Crippen molar-refractivity contribution in [2.24, 2.45) is 0 Å². The SMILES string of the molecule is CS(=O)(=O)Oc1ccc(OCCc2ccc(OCc3ccccc3C(=O)O)cc2)cc1. The third kappa shape index (κ3) is 7.04. The maximum absolute atomic E-state index is 11.3. The van der Waals surface area contributed by atoms with E-state index in [1.165, 1.54) is 12.1 Å². The standard InChI is InChI=1S/C23H22O7S/c1-31(26,27)30-21-12-10-19(11-13-21)28-15-14-17-6-8-20(9-7-17)29-16-18-4-2-3-5-22(18)23(24)25/h2-13H,14-16H2,1H3,(H,24,25). The summed E-state index contributed by atoms with van der Waals surface area (Å²) in [6.45, 7) is 0.614. The van der Waals surface area contributed by atoms with Gasteiger partial charge in [-0.2, -0.15) is 8.42 Å². The number of hydrogen-bond donors (Lipinski definition) is 1. The topological polar surface area (TPSA) is 99.1 Å². The van der Waals surface area contributed by atoms with Gasteiger partial charge in [0.2, 0.25) is 0 Å². The molecule has 0 radical (unpaired) electrons. The summed E-state index contributed by atoms with van der Waals surface area (Å²) in [5, 5.41) is 9.22. The number of benzene rings is 3. The highest BCUT2D eigenvalue weighted by atomic mass is 32.2. The number of ether oxygens (including phenoxy) is 2. The zero-order chi connectivity index (χ0) is 22.3. The normalized spacial score (nSPS) is 11.0. The molecule has 0 bridgehead atoms. The van der Waals surface area contributed by atoms with E-state index in [-0.39, 0.29) is 17.9 Å². The van der Waals surface area contributed by atoms with Crippen molar-refractivity contribution < 1.29 is 32.0 Å². The van der Waals surface area contributed by atoms with E-state index < -0.39 is 16.1 Å². The van der Waals surface area contributed by atoms with Crippen LogP contribution in [0, 0.1) is 0 Å². The fourth-order valence-corrected chi connectivity index (χ4v) is 3.28. The van der Waals surface area contributed by atoms with Gasteiger partial charge in [0.05, 0.1) is 18.4 Å².